The number of nitrogens with one attached hydrogen (secondary N) is 1. The number of hydrogen-bond donors (Lipinski definition) is 2. The van der Waals surface area contributed by atoms with Gasteiger partial charge in [0.2, 0.25) is 0 Å². The van der Waals surface area contributed by atoms with Crippen molar-refractivity contribution < 1.29 is 0 Å². The van der Waals surface area contributed by atoms with E-state index in [1.807, 2.05) is 18.0 Å². The van der Waals surface area contributed by atoms with Crippen LogP contribution in [0.15, 0.2) is 10.7 Å². The Morgan fingerprint density at radius 2 is 2.38 bits per heavy atom. The van der Waals surface area contributed by atoms with Crippen LogP contribution in [0.3, 0.4) is 0 Å². The van der Waals surface area contributed by atoms with Crippen molar-refractivity contribution in [2.24, 2.45) is 5.84 Å². The number of hydrogen-bond acceptors (Lipinski definition) is 6. The van der Waals surface area contributed by atoms with Gasteiger partial charge in [0.05, 0.1) is 29.0 Å². The van der Waals surface area contributed by atoms with E-state index in [-0.39, 0.29) is 6.04 Å². The second-order valence-electron chi connectivity index (χ2n) is 5.67. The van der Waals surface area contributed by atoms with Crippen LogP contribution in [-0.4, -0.2) is 71.4 Å². The summed E-state index contributed by atoms with van der Waals surface area (Å²) in [4.78, 5) is 4.55. The molecule has 0 aromatic carbocycles. The first-order valence-corrected chi connectivity index (χ1v) is 9.09. The van der Waals surface area contributed by atoms with Crippen LogP contribution in [0.5, 0.6) is 0 Å². The van der Waals surface area contributed by atoms with Gasteiger partial charge in [-0.05, 0) is 37.1 Å². The van der Waals surface area contributed by atoms with Crippen molar-refractivity contribution in [3.8, 4) is 0 Å². The molecule has 8 heteroatoms. The molecule has 0 spiro atoms. The molecule has 1 aromatic rings. The smallest absolute Gasteiger partial charge is 0.0803 e. The number of aromatic nitrogens is 2. The van der Waals surface area contributed by atoms with E-state index in [1.165, 1.54) is 5.75 Å². The van der Waals surface area contributed by atoms with Gasteiger partial charge in [-0.25, -0.2) is 5.43 Å². The van der Waals surface area contributed by atoms with E-state index in [1.54, 1.807) is 0 Å². The van der Waals surface area contributed by atoms with Crippen molar-refractivity contribution >= 4 is 27.7 Å². The standard InChI is InChI=1S/C13H25BrN6S/c1-18(2)4-5-20-13(10(14)8-16-20)12(17-15)11-9-21-7-6-19(11)3/h8,11-12,17H,4-7,9,15H2,1-3H3. The Bertz CT molecular complexity index is 452. The lowest BCUT2D eigenvalue weighted by atomic mass is 10.1. The maximum atomic E-state index is 5.89. The van der Waals surface area contributed by atoms with E-state index < -0.39 is 0 Å². The molecular weight excluding hydrogens is 352 g/mol. The second kappa shape index (κ2) is 7.94. The van der Waals surface area contributed by atoms with Crippen LogP contribution in [-0.2, 0) is 6.54 Å². The highest BCUT2D eigenvalue weighted by Gasteiger charge is 2.32. The van der Waals surface area contributed by atoms with E-state index in [9.17, 15) is 0 Å². The van der Waals surface area contributed by atoms with Gasteiger partial charge in [0, 0.05) is 30.6 Å². The van der Waals surface area contributed by atoms with Crippen molar-refractivity contribution in [1.82, 2.24) is 25.0 Å². The SMILES string of the molecule is CN(C)CCn1ncc(Br)c1C(NN)C1CSCCN1C. The number of halogens is 1. The van der Waals surface area contributed by atoms with Gasteiger partial charge in [-0.1, -0.05) is 0 Å². The van der Waals surface area contributed by atoms with Crippen molar-refractivity contribution in [3.05, 3.63) is 16.4 Å². The molecule has 1 aliphatic rings. The molecular formula is C13H25BrN6S. The Hall–Kier alpha value is -0.120. The molecule has 0 aliphatic carbocycles. The summed E-state index contributed by atoms with van der Waals surface area (Å²) >= 11 is 5.62. The van der Waals surface area contributed by atoms with E-state index in [0.29, 0.717) is 6.04 Å². The molecule has 0 radical (unpaired) electrons. The molecule has 3 N–H and O–H groups in total. The monoisotopic (exact) mass is 376 g/mol. The van der Waals surface area contributed by atoms with Crippen LogP contribution in [0, 0.1) is 0 Å². The van der Waals surface area contributed by atoms with Crippen molar-refractivity contribution in [1.29, 1.82) is 0 Å². The van der Waals surface area contributed by atoms with Gasteiger partial charge in [0.1, 0.15) is 0 Å². The zero-order valence-corrected chi connectivity index (χ0v) is 15.3. The zero-order valence-electron chi connectivity index (χ0n) is 12.9. The van der Waals surface area contributed by atoms with Crippen LogP contribution >= 0.6 is 27.7 Å². The Labute approximate surface area is 139 Å². The molecule has 1 aliphatic heterocycles. The number of likely N-dealkylation sites (N-methyl/N-ethyl adjacent to an activating group) is 2. The first-order chi connectivity index (χ1) is 10.0. The third kappa shape index (κ3) is 4.20. The Kier molecular flexibility index (Phi) is 6.51. The molecule has 1 aromatic heterocycles. The third-order valence-corrected chi connectivity index (χ3v) is 5.55. The Morgan fingerprint density at radius 3 is 3.00 bits per heavy atom. The number of rotatable bonds is 6. The summed E-state index contributed by atoms with van der Waals surface area (Å²) < 4.78 is 3.08. The number of thioether (sulfide) groups is 1. The summed E-state index contributed by atoms with van der Waals surface area (Å²) in [5.74, 6) is 8.16. The van der Waals surface area contributed by atoms with Gasteiger partial charge < -0.3 is 4.90 Å². The van der Waals surface area contributed by atoms with Crippen molar-refractivity contribution in [2.45, 2.75) is 18.6 Å². The zero-order chi connectivity index (χ0) is 15.4. The van der Waals surface area contributed by atoms with Crippen molar-refractivity contribution in [2.75, 3.05) is 45.7 Å². The highest BCUT2D eigenvalue weighted by Crippen LogP contribution is 2.30. The Balaban J connectivity index is 2.22. The van der Waals surface area contributed by atoms with Crippen molar-refractivity contribution in [3.63, 3.8) is 0 Å². The highest BCUT2D eigenvalue weighted by atomic mass is 79.9. The number of nitrogens with zero attached hydrogens (tertiary/aromatic N) is 4. The van der Waals surface area contributed by atoms with E-state index in [2.05, 4.69) is 62.1 Å². The molecule has 0 saturated carbocycles. The predicted molar refractivity (Wildman–Crippen MR) is 92.3 cm³/mol. The Morgan fingerprint density at radius 1 is 1.62 bits per heavy atom. The van der Waals surface area contributed by atoms with Gasteiger partial charge in [-0.3, -0.25) is 15.4 Å². The molecule has 120 valence electrons. The van der Waals surface area contributed by atoms with Gasteiger partial charge in [0.15, 0.2) is 0 Å². The second-order valence-corrected chi connectivity index (χ2v) is 7.68. The molecule has 1 fully saturated rings. The molecule has 0 amide bonds. The number of hydrazine groups is 1. The van der Waals surface area contributed by atoms with Gasteiger partial charge >= 0.3 is 0 Å². The van der Waals surface area contributed by atoms with Crippen LogP contribution in [0.25, 0.3) is 0 Å². The lowest BCUT2D eigenvalue weighted by Gasteiger charge is -2.37. The fourth-order valence-corrected chi connectivity index (χ4v) is 4.40. The number of nitrogens with two attached hydrogens (primary N) is 1. The average molecular weight is 377 g/mol. The molecule has 2 heterocycles. The van der Waals surface area contributed by atoms with E-state index >= 15 is 0 Å². The third-order valence-electron chi connectivity index (χ3n) is 3.89. The molecule has 2 atom stereocenters. The topological polar surface area (TPSA) is 62.4 Å². The van der Waals surface area contributed by atoms with Crippen LogP contribution in [0.1, 0.15) is 11.7 Å². The largest absolute Gasteiger partial charge is 0.308 e. The minimum Gasteiger partial charge on any atom is -0.308 e. The van der Waals surface area contributed by atoms with E-state index in [4.69, 9.17) is 5.84 Å². The van der Waals surface area contributed by atoms with Gasteiger partial charge in [-0.2, -0.15) is 16.9 Å². The summed E-state index contributed by atoms with van der Waals surface area (Å²) in [6.07, 6.45) is 1.87. The first-order valence-electron chi connectivity index (χ1n) is 7.14. The molecule has 2 rings (SSSR count). The molecule has 1 saturated heterocycles. The first kappa shape index (κ1) is 17.2. The fraction of sp³-hybridized carbons (Fsp3) is 0.769. The van der Waals surface area contributed by atoms with Crippen LogP contribution in [0.2, 0.25) is 0 Å². The highest BCUT2D eigenvalue weighted by molar-refractivity contribution is 9.10. The van der Waals surface area contributed by atoms with Crippen LogP contribution in [0.4, 0.5) is 0 Å². The molecule has 6 nitrogen and oxygen atoms in total. The van der Waals surface area contributed by atoms with Crippen LogP contribution < -0.4 is 11.3 Å². The lowest BCUT2D eigenvalue weighted by molar-refractivity contribution is 0.208. The summed E-state index contributed by atoms with van der Waals surface area (Å²) in [7, 11) is 6.31. The minimum absolute atomic E-state index is 0.0711. The molecule has 21 heavy (non-hydrogen) atoms. The maximum Gasteiger partial charge on any atom is 0.0803 e. The summed E-state index contributed by atoms with van der Waals surface area (Å²) in [5.41, 5.74) is 4.15. The quantitative estimate of drug-likeness (QED) is 0.564. The van der Waals surface area contributed by atoms with Gasteiger partial charge in [-0.15, -0.1) is 0 Å². The molecule has 2 unspecified atom stereocenters. The lowest BCUT2D eigenvalue weighted by Crippen LogP contribution is -2.50. The normalized spacial score (nSPS) is 21.9. The summed E-state index contributed by atoms with van der Waals surface area (Å²) in [6.45, 7) is 2.90. The van der Waals surface area contributed by atoms with E-state index in [0.717, 1.165) is 35.6 Å². The summed E-state index contributed by atoms with van der Waals surface area (Å²) in [5, 5.41) is 4.50. The predicted octanol–water partition coefficient (Wildman–Crippen LogP) is 0.759. The average Bonchev–Trinajstić information content (AvgIpc) is 2.81. The molecule has 0 bridgehead atoms. The minimum atomic E-state index is 0.0711. The fourth-order valence-electron chi connectivity index (χ4n) is 2.58. The maximum absolute atomic E-state index is 5.89. The summed E-state index contributed by atoms with van der Waals surface area (Å²) in [6, 6.07) is 0.446. The van der Waals surface area contributed by atoms with Gasteiger partial charge in [0.25, 0.3) is 0 Å².